The zero-order valence-electron chi connectivity index (χ0n) is 10.0. The summed E-state index contributed by atoms with van der Waals surface area (Å²) >= 11 is 6.70. The molecule has 0 saturated heterocycles. The van der Waals surface area contributed by atoms with E-state index in [9.17, 15) is 4.79 Å². The first-order valence-electron chi connectivity index (χ1n) is 5.64. The predicted octanol–water partition coefficient (Wildman–Crippen LogP) is 2.34. The average Bonchev–Trinajstić information content (AvgIpc) is 2.87. The quantitative estimate of drug-likeness (QED) is 0.831. The lowest BCUT2D eigenvalue weighted by Gasteiger charge is -2.03. The van der Waals surface area contributed by atoms with E-state index in [4.69, 9.17) is 16.3 Å². The molecule has 0 spiro atoms. The summed E-state index contributed by atoms with van der Waals surface area (Å²) in [6, 6.07) is 9.56. The van der Waals surface area contributed by atoms with Crippen molar-refractivity contribution in [2.75, 3.05) is 17.8 Å². The zero-order valence-corrected chi connectivity index (χ0v) is 11.6. The molecule has 1 amide bonds. The molecule has 0 saturated carbocycles. The second-order valence-electron chi connectivity index (χ2n) is 3.59. The maximum atomic E-state index is 11.1. The maximum absolute atomic E-state index is 11.1. The summed E-state index contributed by atoms with van der Waals surface area (Å²) in [6.07, 6.45) is 0.642. The van der Waals surface area contributed by atoms with Gasteiger partial charge in [-0.2, -0.15) is 0 Å². The first-order valence-corrected chi connectivity index (χ1v) is 6.99. The number of nitrogens with one attached hydrogen (secondary N) is 1. The van der Waals surface area contributed by atoms with E-state index in [1.54, 1.807) is 0 Å². The Morgan fingerprint density at radius 3 is 2.84 bits per heavy atom. The molecule has 0 aliphatic rings. The molecule has 0 aliphatic carbocycles. The smallest absolute Gasteiger partial charge is 0.241 e. The number of rotatable bonds is 6. The minimum absolute atomic E-state index is 0.0912. The molecule has 5 nitrogen and oxygen atoms in total. The predicted molar refractivity (Wildman–Crippen MR) is 74.9 cm³/mol. The number of hydrogen-bond acceptors (Lipinski definition) is 5. The number of halogens is 1. The Hall–Kier alpha value is -1.66. The van der Waals surface area contributed by atoms with Crippen LogP contribution in [0.3, 0.4) is 0 Å². The molecule has 2 rings (SSSR count). The Morgan fingerprint density at radius 2 is 2.11 bits per heavy atom. The Kier molecular flexibility index (Phi) is 5.11. The molecule has 19 heavy (non-hydrogen) atoms. The fraction of sp³-hybridized carbons (Fsp3) is 0.250. The van der Waals surface area contributed by atoms with Crippen molar-refractivity contribution < 1.29 is 9.53 Å². The molecule has 0 aliphatic heterocycles. The molecular formula is C12H12ClN3O2S. The van der Waals surface area contributed by atoms with Crippen molar-refractivity contribution in [1.82, 2.24) is 10.2 Å². The van der Waals surface area contributed by atoms with Gasteiger partial charge in [-0.1, -0.05) is 29.5 Å². The minimum Gasteiger partial charge on any atom is -0.493 e. The van der Waals surface area contributed by atoms with Crippen LogP contribution in [0.25, 0.3) is 0 Å². The first-order chi connectivity index (χ1) is 9.28. The number of carbonyl (C=O) groups is 1. The summed E-state index contributed by atoms with van der Waals surface area (Å²) in [5.41, 5.74) is 0. The van der Waals surface area contributed by atoms with Crippen LogP contribution in [0.1, 0.15) is 5.01 Å². The zero-order chi connectivity index (χ0) is 13.5. The van der Waals surface area contributed by atoms with E-state index in [-0.39, 0.29) is 11.8 Å². The molecule has 1 aromatic carbocycles. The summed E-state index contributed by atoms with van der Waals surface area (Å²) in [5, 5.41) is 11.6. The minimum atomic E-state index is -0.287. The molecule has 1 aromatic heterocycles. The molecule has 0 fully saturated rings. The monoisotopic (exact) mass is 297 g/mol. The van der Waals surface area contributed by atoms with Gasteiger partial charge in [-0.25, -0.2) is 0 Å². The molecule has 100 valence electrons. The summed E-state index contributed by atoms with van der Waals surface area (Å²) in [6.45, 7) is 0.516. The highest BCUT2D eigenvalue weighted by atomic mass is 35.5. The van der Waals surface area contributed by atoms with Gasteiger partial charge in [0.05, 0.1) is 6.61 Å². The summed E-state index contributed by atoms with van der Waals surface area (Å²) < 4.78 is 5.55. The summed E-state index contributed by atoms with van der Waals surface area (Å²) in [7, 11) is 0. The number of ether oxygens (including phenoxy) is 1. The van der Waals surface area contributed by atoms with Crippen LogP contribution in [0.15, 0.2) is 30.3 Å². The number of para-hydroxylation sites is 1. The van der Waals surface area contributed by atoms with Gasteiger partial charge in [-0.15, -0.1) is 21.8 Å². The van der Waals surface area contributed by atoms with Gasteiger partial charge in [-0.3, -0.25) is 10.1 Å². The average molecular weight is 298 g/mol. The van der Waals surface area contributed by atoms with Crippen molar-refractivity contribution in [2.24, 2.45) is 0 Å². The van der Waals surface area contributed by atoms with E-state index in [2.05, 4.69) is 15.5 Å². The third-order valence-corrected chi connectivity index (χ3v) is 3.30. The molecule has 0 unspecified atom stereocenters. The van der Waals surface area contributed by atoms with Crippen LogP contribution in [0.5, 0.6) is 5.75 Å². The second-order valence-corrected chi connectivity index (χ2v) is 4.92. The first kappa shape index (κ1) is 13.8. The van der Waals surface area contributed by atoms with Gasteiger partial charge < -0.3 is 4.74 Å². The van der Waals surface area contributed by atoms with Crippen LogP contribution in [0.2, 0.25) is 0 Å². The van der Waals surface area contributed by atoms with Crippen molar-refractivity contribution in [3.05, 3.63) is 35.3 Å². The van der Waals surface area contributed by atoms with Crippen LogP contribution in [-0.2, 0) is 11.2 Å². The molecule has 1 N–H and O–H groups in total. The van der Waals surface area contributed by atoms with Crippen LogP contribution in [-0.4, -0.2) is 28.6 Å². The van der Waals surface area contributed by atoms with Crippen molar-refractivity contribution in [1.29, 1.82) is 0 Å². The Bertz CT molecular complexity index is 533. The number of alkyl halides is 1. The van der Waals surface area contributed by atoms with E-state index >= 15 is 0 Å². The normalized spacial score (nSPS) is 10.2. The van der Waals surface area contributed by atoms with E-state index in [0.29, 0.717) is 18.2 Å². The Morgan fingerprint density at radius 1 is 1.32 bits per heavy atom. The largest absolute Gasteiger partial charge is 0.493 e. The number of carbonyl (C=O) groups excluding carboxylic acids is 1. The van der Waals surface area contributed by atoms with E-state index in [1.807, 2.05) is 30.3 Å². The van der Waals surface area contributed by atoms with Gasteiger partial charge in [0.25, 0.3) is 0 Å². The number of nitrogens with zero attached hydrogens (tertiary/aromatic N) is 2. The molecule has 0 radical (unpaired) electrons. The van der Waals surface area contributed by atoms with Crippen LogP contribution >= 0.6 is 22.9 Å². The Balaban J connectivity index is 1.79. The van der Waals surface area contributed by atoms with Crippen molar-refractivity contribution in [3.8, 4) is 5.75 Å². The van der Waals surface area contributed by atoms with E-state index in [0.717, 1.165) is 10.8 Å². The van der Waals surface area contributed by atoms with Crippen molar-refractivity contribution in [2.45, 2.75) is 6.42 Å². The number of anilines is 1. The fourth-order valence-corrected chi connectivity index (χ4v) is 2.13. The maximum Gasteiger partial charge on any atom is 0.241 e. The van der Waals surface area contributed by atoms with Gasteiger partial charge in [0.2, 0.25) is 11.0 Å². The van der Waals surface area contributed by atoms with Gasteiger partial charge in [-0.05, 0) is 12.1 Å². The topological polar surface area (TPSA) is 64.1 Å². The number of benzene rings is 1. The van der Waals surface area contributed by atoms with Crippen LogP contribution < -0.4 is 10.1 Å². The highest BCUT2D eigenvalue weighted by Crippen LogP contribution is 2.16. The standard InChI is InChI=1S/C12H12ClN3O2S/c13-8-10(17)14-12-16-15-11(19-12)6-7-18-9-4-2-1-3-5-9/h1-5H,6-8H2,(H,14,16,17). The molecule has 0 bridgehead atoms. The third kappa shape index (κ3) is 4.50. The molecular weight excluding hydrogens is 286 g/mol. The molecule has 1 heterocycles. The van der Waals surface area contributed by atoms with E-state index < -0.39 is 0 Å². The highest BCUT2D eigenvalue weighted by molar-refractivity contribution is 7.15. The van der Waals surface area contributed by atoms with Gasteiger partial charge >= 0.3 is 0 Å². The van der Waals surface area contributed by atoms with Gasteiger partial charge in [0.15, 0.2) is 0 Å². The number of hydrogen-bond donors (Lipinski definition) is 1. The van der Waals surface area contributed by atoms with Gasteiger partial charge in [0, 0.05) is 6.42 Å². The third-order valence-electron chi connectivity index (χ3n) is 2.16. The fourth-order valence-electron chi connectivity index (χ4n) is 1.33. The van der Waals surface area contributed by atoms with Crippen molar-refractivity contribution >= 4 is 34.0 Å². The van der Waals surface area contributed by atoms with E-state index in [1.165, 1.54) is 11.3 Å². The lowest BCUT2D eigenvalue weighted by molar-refractivity contribution is -0.113. The highest BCUT2D eigenvalue weighted by Gasteiger charge is 2.07. The van der Waals surface area contributed by atoms with Gasteiger partial charge in [0.1, 0.15) is 16.6 Å². The molecule has 0 atom stereocenters. The molecule has 2 aromatic rings. The summed E-state index contributed by atoms with van der Waals surface area (Å²) in [4.78, 5) is 11.1. The van der Waals surface area contributed by atoms with Crippen LogP contribution in [0, 0.1) is 0 Å². The number of aromatic nitrogens is 2. The molecule has 7 heteroatoms. The van der Waals surface area contributed by atoms with Crippen molar-refractivity contribution in [3.63, 3.8) is 0 Å². The number of amides is 1. The second kappa shape index (κ2) is 7.06. The van der Waals surface area contributed by atoms with Crippen LogP contribution in [0.4, 0.5) is 5.13 Å². The summed E-state index contributed by atoms with van der Waals surface area (Å²) in [5.74, 6) is 0.444. The SMILES string of the molecule is O=C(CCl)Nc1nnc(CCOc2ccccc2)s1. The lowest BCUT2D eigenvalue weighted by atomic mass is 10.3. The lowest BCUT2D eigenvalue weighted by Crippen LogP contribution is -2.12. The Labute approximate surface area is 119 Å².